The van der Waals surface area contributed by atoms with Crippen LogP contribution in [0.3, 0.4) is 0 Å². The number of carbonyl (C=O) groups is 4. The largest absolute Gasteiger partial charge is 0.351 e. The Kier molecular flexibility index (Phi) is 11.8. The SMILES string of the molecule is CCC(=O)N1CCCNC(=O)c2csc(n2)[C@H](Cc2ccccc2)NC(=O)c2csc(n2)[C@H](CC(C)C)NC(=O)CCC1. The summed E-state index contributed by atoms with van der Waals surface area (Å²) in [6, 6.07) is 9.00. The van der Waals surface area contributed by atoms with Gasteiger partial charge in [-0.15, -0.1) is 22.7 Å². The molecule has 4 bridgehead atoms. The van der Waals surface area contributed by atoms with Crippen LogP contribution in [0.4, 0.5) is 0 Å². The second kappa shape index (κ2) is 15.7. The van der Waals surface area contributed by atoms with Gasteiger partial charge in [-0.05, 0) is 37.2 Å². The average Bonchev–Trinajstić information content (AvgIpc) is 3.68. The number of amides is 4. The van der Waals surface area contributed by atoms with Crippen LogP contribution in [-0.2, 0) is 16.0 Å². The van der Waals surface area contributed by atoms with Gasteiger partial charge in [-0.3, -0.25) is 19.2 Å². The van der Waals surface area contributed by atoms with Crippen molar-refractivity contribution in [3.05, 3.63) is 68.1 Å². The number of thiazole rings is 2. The summed E-state index contributed by atoms with van der Waals surface area (Å²) >= 11 is 2.67. The van der Waals surface area contributed by atoms with Gasteiger partial charge in [0, 0.05) is 43.2 Å². The third-order valence-corrected chi connectivity index (χ3v) is 9.03. The van der Waals surface area contributed by atoms with E-state index in [2.05, 4.69) is 39.8 Å². The third-order valence-electron chi connectivity index (χ3n) is 7.11. The van der Waals surface area contributed by atoms with Crippen molar-refractivity contribution in [3.8, 4) is 0 Å². The smallest absolute Gasteiger partial charge is 0.271 e. The molecule has 1 aliphatic rings. The lowest BCUT2D eigenvalue weighted by Crippen LogP contribution is -2.35. The Balaban J connectivity index is 1.62. The van der Waals surface area contributed by atoms with Crippen LogP contribution < -0.4 is 16.0 Å². The number of nitrogens with zero attached hydrogens (tertiary/aromatic N) is 3. The molecule has 10 nitrogen and oxygen atoms in total. The molecule has 3 heterocycles. The van der Waals surface area contributed by atoms with Crippen LogP contribution in [0.15, 0.2) is 41.1 Å². The molecule has 1 aliphatic heterocycles. The number of hydrogen-bond acceptors (Lipinski definition) is 8. The molecule has 43 heavy (non-hydrogen) atoms. The summed E-state index contributed by atoms with van der Waals surface area (Å²) in [6.07, 6.45) is 2.92. The molecule has 12 heteroatoms. The Morgan fingerprint density at radius 1 is 0.930 bits per heavy atom. The first-order valence-electron chi connectivity index (χ1n) is 14.8. The van der Waals surface area contributed by atoms with E-state index >= 15 is 0 Å². The molecule has 0 spiro atoms. The Hall–Kier alpha value is -3.64. The molecular weight excluding hydrogens is 585 g/mol. The van der Waals surface area contributed by atoms with Crippen molar-refractivity contribution in [2.45, 2.75) is 71.4 Å². The molecule has 0 saturated heterocycles. The van der Waals surface area contributed by atoms with Gasteiger partial charge in [0.25, 0.3) is 11.8 Å². The van der Waals surface area contributed by atoms with E-state index in [-0.39, 0.29) is 47.5 Å². The Labute approximate surface area is 260 Å². The van der Waals surface area contributed by atoms with Gasteiger partial charge in [0.05, 0.1) is 12.1 Å². The number of rotatable bonds is 5. The van der Waals surface area contributed by atoms with E-state index in [4.69, 9.17) is 0 Å². The zero-order chi connectivity index (χ0) is 30.8. The highest BCUT2D eigenvalue weighted by Crippen LogP contribution is 2.27. The maximum Gasteiger partial charge on any atom is 0.271 e. The van der Waals surface area contributed by atoms with E-state index in [1.807, 2.05) is 37.3 Å². The van der Waals surface area contributed by atoms with Gasteiger partial charge in [0.2, 0.25) is 11.8 Å². The van der Waals surface area contributed by atoms with Gasteiger partial charge in [-0.1, -0.05) is 51.1 Å². The quantitative estimate of drug-likeness (QED) is 0.378. The van der Waals surface area contributed by atoms with Gasteiger partial charge < -0.3 is 20.9 Å². The highest BCUT2D eigenvalue weighted by Gasteiger charge is 2.25. The van der Waals surface area contributed by atoms with E-state index in [0.717, 1.165) is 5.56 Å². The lowest BCUT2D eigenvalue weighted by atomic mass is 10.0. The number of fused-ring (bicyclic) bond motifs is 4. The molecule has 0 radical (unpaired) electrons. The summed E-state index contributed by atoms with van der Waals surface area (Å²) in [5, 5.41) is 13.8. The monoisotopic (exact) mass is 624 g/mol. The summed E-state index contributed by atoms with van der Waals surface area (Å²) in [7, 11) is 0. The second-order valence-electron chi connectivity index (χ2n) is 11.1. The average molecular weight is 625 g/mol. The molecule has 0 fully saturated rings. The lowest BCUT2D eigenvalue weighted by Gasteiger charge is -2.23. The van der Waals surface area contributed by atoms with Crippen molar-refractivity contribution in [3.63, 3.8) is 0 Å². The van der Waals surface area contributed by atoms with Crippen LogP contribution in [0, 0.1) is 5.92 Å². The number of nitrogens with one attached hydrogen (secondary N) is 3. The zero-order valence-electron chi connectivity index (χ0n) is 24.9. The summed E-state index contributed by atoms with van der Waals surface area (Å²) in [5.74, 6) is -0.446. The highest BCUT2D eigenvalue weighted by atomic mass is 32.1. The molecule has 0 saturated carbocycles. The molecule has 3 N–H and O–H groups in total. The molecule has 230 valence electrons. The summed E-state index contributed by atoms with van der Waals surface area (Å²) in [6.45, 7) is 7.31. The topological polar surface area (TPSA) is 133 Å². The molecule has 4 amide bonds. The van der Waals surface area contributed by atoms with E-state index in [1.165, 1.54) is 22.7 Å². The first kappa shape index (κ1) is 32.3. The maximum absolute atomic E-state index is 13.5. The van der Waals surface area contributed by atoms with Crippen molar-refractivity contribution < 1.29 is 19.2 Å². The van der Waals surface area contributed by atoms with Crippen molar-refractivity contribution in [2.24, 2.45) is 5.92 Å². The molecule has 3 aromatic rings. The predicted molar refractivity (Wildman–Crippen MR) is 168 cm³/mol. The first-order chi connectivity index (χ1) is 20.7. The molecule has 1 aromatic carbocycles. The first-order valence-corrected chi connectivity index (χ1v) is 16.6. The summed E-state index contributed by atoms with van der Waals surface area (Å²) in [5.41, 5.74) is 1.58. The standard InChI is InChI=1S/C31H40N6O4S2/c1-4-27(39)37-14-8-12-26(38)33-22(16-20(2)3)30-36-25(19-43-30)29(41)34-23(17-21-10-6-5-7-11-21)31-35-24(18-42-31)28(40)32-13-9-15-37/h5-7,10-11,18-20,22-23H,4,8-9,12-17H2,1-3H3,(H,32,40)(H,33,38)(H,34,41)/t22-,23-/m0/s1. The summed E-state index contributed by atoms with van der Waals surface area (Å²) in [4.78, 5) is 62.8. The minimum Gasteiger partial charge on any atom is -0.351 e. The van der Waals surface area contributed by atoms with Crippen LogP contribution in [-0.4, -0.2) is 58.1 Å². The lowest BCUT2D eigenvalue weighted by molar-refractivity contribution is -0.131. The normalized spacial score (nSPS) is 19.3. The molecule has 0 unspecified atom stereocenters. The second-order valence-corrected chi connectivity index (χ2v) is 12.8. The van der Waals surface area contributed by atoms with Gasteiger partial charge in [0.1, 0.15) is 21.4 Å². The van der Waals surface area contributed by atoms with Crippen LogP contribution in [0.2, 0.25) is 0 Å². The van der Waals surface area contributed by atoms with Crippen LogP contribution in [0.5, 0.6) is 0 Å². The minimum atomic E-state index is -0.472. The third kappa shape index (κ3) is 9.42. The van der Waals surface area contributed by atoms with Crippen LogP contribution in [0.25, 0.3) is 0 Å². The maximum atomic E-state index is 13.5. The molecule has 0 aliphatic carbocycles. The molecule has 2 aromatic heterocycles. The molecular formula is C31H40N6O4S2. The van der Waals surface area contributed by atoms with E-state index < -0.39 is 6.04 Å². The zero-order valence-corrected chi connectivity index (χ0v) is 26.6. The van der Waals surface area contributed by atoms with Crippen LogP contribution >= 0.6 is 22.7 Å². The van der Waals surface area contributed by atoms with Gasteiger partial charge in [-0.25, -0.2) is 9.97 Å². The fourth-order valence-electron chi connectivity index (χ4n) is 4.92. The van der Waals surface area contributed by atoms with Gasteiger partial charge in [-0.2, -0.15) is 0 Å². The Morgan fingerprint density at radius 3 is 2.26 bits per heavy atom. The molecule has 2 atom stereocenters. The fourth-order valence-corrected chi connectivity index (χ4v) is 6.64. The Bertz CT molecular complexity index is 1390. The number of benzene rings is 1. The number of aromatic nitrogens is 2. The van der Waals surface area contributed by atoms with Gasteiger partial charge >= 0.3 is 0 Å². The predicted octanol–water partition coefficient (Wildman–Crippen LogP) is 4.67. The minimum absolute atomic E-state index is 0.0175. The molecule has 4 rings (SSSR count). The van der Waals surface area contributed by atoms with Gasteiger partial charge in [0.15, 0.2) is 0 Å². The highest BCUT2D eigenvalue weighted by molar-refractivity contribution is 7.10. The van der Waals surface area contributed by atoms with Crippen molar-refractivity contribution in [2.75, 3.05) is 19.6 Å². The number of hydrogen-bond donors (Lipinski definition) is 3. The van der Waals surface area contributed by atoms with Crippen molar-refractivity contribution >= 4 is 46.3 Å². The fraction of sp³-hybridized carbons (Fsp3) is 0.484. The van der Waals surface area contributed by atoms with Crippen molar-refractivity contribution in [1.82, 2.24) is 30.8 Å². The number of carbonyl (C=O) groups excluding carboxylic acids is 4. The van der Waals surface area contributed by atoms with Crippen LogP contribution in [0.1, 0.15) is 102 Å². The van der Waals surface area contributed by atoms with Crippen molar-refractivity contribution in [1.29, 1.82) is 0 Å². The van der Waals surface area contributed by atoms with E-state index in [9.17, 15) is 19.2 Å². The summed E-state index contributed by atoms with van der Waals surface area (Å²) < 4.78 is 0. The van der Waals surface area contributed by atoms with E-state index in [0.29, 0.717) is 67.7 Å². The Morgan fingerprint density at radius 2 is 1.58 bits per heavy atom. The van der Waals surface area contributed by atoms with E-state index in [1.54, 1.807) is 15.7 Å².